The predicted octanol–water partition coefficient (Wildman–Crippen LogP) is 3.38. The van der Waals surface area contributed by atoms with Gasteiger partial charge in [0.15, 0.2) is 0 Å². The summed E-state index contributed by atoms with van der Waals surface area (Å²) in [5, 5.41) is 2.84. The fourth-order valence-electron chi connectivity index (χ4n) is 1.81. The molecule has 21 heavy (non-hydrogen) atoms. The van der Waals surface area contributed by atoms with Crippen LogP contribution in [0.25, 0.3) is 0 Å². The van der Waals surface area contributed by atoms with Crippen molar-refractivity contribution in [2.45, 2.75) is 11.8 Å². The molecule has 5 heteroatoms. The second kappa shape index (κ2) is 7.81. The third kappa shape index (κ3) is 4.58. The van der Waals surface area contributed by atoms with Gasteiger partial charge in [0.25, 0.3) is 5.91 Å². The highest BCUT2D eigenvalue weighted by Gasteiger charge is 2.12. The zero-order chi connectivity index (χ0) is 15.1. The molecule has 1 N–H and O–H groups in total. The molecule has 1 amide bonds. The Morgan fingerprint density at radius 1 is 1.24 bits per heavy atom. The van der Waals surface area contributed by atoms with Crippen molar-refractivity contribution in [3.63, 3.8) is 0 Å². The summed E-state index contributed by atoms with van der Waals surface area (Å²) in [7, 11) is 1.67. The lowest BCUT2D eigenvalue weighted by atomic mass is 10.2. The smallest absolute Gasteiger partial charge is 0.257 e. The number of nitrogens with one attached hydrogen (secondary N) is 1. The maximum atomic E-state index is 12.4. The van der Waals surface area contributed by atoms with Crippen LogP contribution in [0.15, 0.2) is 47.4 Å². The molecule has 0 unspecified atom stereocenters. The van der Waals surface area contributed by atoms with E-state index in [1.54, 1.807) is 24.9 Å². The second-order valence-electron chi connectivity index (χ2n) is 4.46. The van der Waals surface area contributed by atoms with Crippen LogP contribution in [-0.2, 0) is 4.74 Å². The Labute approximate surface area is 128 Å². The molecule has 1 aromatic heterocycles. The number of methoxy groups -OCH3 is 1. The normalized spacial score (nSPS) is 10.4. The Balaban J connectivity index is 2.11. The minimum atomic E-state index is -0.145. The van der Waals surface area contributed by atoms with Crippen LogP contribution in [0.5, 0.6) is 0 Å². The van der Waals surface area contributed by atoms with Gasteiger partial charge in [0.2, 0.25) is 0 Å². The first kappa shape index (κ1) is 15.5. The SMILES string of the molecule is COCCSc1ccccc1C(=O)Nc1cccc(C)n1. The van der Waals surface area contributed by atoms with Gasteiger partial charge < -0.3 is 10.1 Å². The summed E-state index contributed by atoms with van der Waals surface area (Å²) >= 11 is 1.61. The molecule has 2 rings (SSSR count). The van der Waals surface area contributed by atoms with Gasteiger partial charge in [0.05, 0.1) is 12.2 Å². The number of benzene rings is 1. The first-order chi connectivity index (χ1) is 10.2. The van der Waals surface area contributed by atoms with E-state index in [2.05, 4.69) is 10.3 Å². The molecular weight excluding hydrogens is 284 g/mol. The lowest BCUT2D eigenvalue weighted by Gasteiger charge is -2.09. The maximum Gasteiger partial charge on any atom is 0.257 e. The predicted molar refractivity (Wildman–Crippen MR) is 86.0 cm³/mol. The van der Waals surface area contributed by atoms with E-state index in [-0.39, 0.29) is 5.91 Å². The standard InChI is InChI=1S/C16H18N2O2S/c1-12-6-5-9-15(17-12)18-16(19)13-7-3-4-8-14(13)21-11-10-20-2/h3-9H,10-11H2,1-2H3,(H,17,18,19). The fraction of sp³-hybridized carbons (Fsp3) is 0.250. The van der Waals surface area contributed by atoms with E-state index in [4.69, 9.17) is 4.74 Å². The van der Waals surface area contributed by atoms with Crippen LogP contribution in [0.1, 0.15) is 16.1 Å². The molecule has 0 saturated carbocycles. The van der Waals surface area contributed by atoms with Crippen molar-refractivity contribution in [3.05, 3.63) is 53.7 Å². The fourth-order valence-corrected chi connectivity index (χ4v) is 2.77. The zero-order valence-electron chi connectivity index (χ0n) is 12.1. The quantitative estimate of drug-likeness (QED) is 0.656. The average molecular weight is 302 g/mol. The first-order valence-electron chi connectivity index (χ1n) is 6.66. The van der Waals surface area contributed by atoms with Gasteiger partial charge in [-0.2, -0.15) is 0 Å². The second-order valence-corrected chi connectivity index (χ2v) is 5.59. The van der Waals surface area contributed by atoms with Crippen LogP contribution in [0, 0.1) is 6.92 Å². The van der Waals surface area contributed by atoms with Crippen molar-refractivity contribution in [1.82, 2.24) is 4.98 Å². The van der Waals surface area contributed by atoms with Crippen molar-refractivity contribution in [2.75, 3.05) is 24.8 Å². The van der Waals surface area contributed by atoms with Gasteiger partial charge in [0, 0.05) is 23.5 Å². The number of carbonyl (C=O) groups is 1. The van der Waals surface area contributed by atoms with Crippen molar-refractivity contribution >= 4 is 23.5 Å². The molecule has 0 bridgehead atoms. The molecule has 1 aromatic carbocycles. The summed E-state index contributed by atoms with van der Waals surface area (Å²) in [5.74, 6) is 1.23. The topological polar surface area (TPSA) is 51.2 Å². The van der Waals surface area contributed by atoms with E-state index < -0.39 is 0 Å². The highest BCUT2D eigenvalue weighted by molar-refractivity contribution is 7.99. The summed E-state index contributed by atoms with van der Waals surface area (Å²) in [4.78, 5) is 17.6. The molecule has 0 radical (unpaired) electrons. The summed E-state index contributed by atoms with van der Waals surface area (Å²) in [6.45, 7) is 2.55. The minimum absolute atomic E-state index is 0.145. The van der Waals surface area contributed by atoms with Crippen LogP contribution in [-0.4, -0.2) is 30.4 Å². The molecule has 0 atom stereocenters. The molecule has 0 saturated heterocycles. The number of amides is 1. The van der Waals surface area contributed by atoms with Crippen LogP contribution < -0.4 is 5.32 Å². The number of nitrogens with zero attached hydrogens (tertiary/aromatic N) is 1. The van der Waals surface area contributed by atoms with Crippen molar-refractivity contribution in [2.24, 2.45) is 0 Å². The highest BCUT2D eigenvalue weighted by Crippen LogP contribution is 2.23. The van der Waals surface area contributed by atoms with E-state index in [1.165, 1.54) is 0 Å². The van der Waals surface area contributed by atoms with Crippen LogP contribution in [0.4, 0.5) is 5.82 Å². The molecule has 0 aliphatic rings. The summed E-state index contributed by atoms with van der Waals surface area (Å²) in [6.07, 6.45) is 0. The van der Waals surface area contributed by atoms with Crippen molar-refractivity contribution < 1.29 is 9.53 Å². The third-order valence-electron chi connectivity index (χ3n) is 2.81. The number of anilines is 1. The molecule has 2 aromatic rings. The number of aromatic nitrogens is 1. The number of aryl methyl sites for hydroxylation is 1. The highest BCUT2D eigenvalue weighted by atomic mass is 32.2. The zero-order valence-corrected chi connectivity index (χ0v) is 12.9. The van der Waals surface area contributed by atoms with Gasteiger partial charge in [-0.25, -0.2) is 4.98 Å². The van der Waals surface area contributed by atoms with E-state index in [0.717, 1.165) is 16.3 Å². The number of rotatable bonds is 6. The van der Waals surface area contributed by atoms with Crippen molar-refractivity contribution in [3.8, 4) is 0 Å². The summed E-state index contributed by atoms with van der Waals surface area (Å²) in [5.41, 5.74) is 1.53. The van der Waals surface area contributed by atoms with E-state index >= 15 is 0 Å². The van der Waals surface area contributed by atoms with Gasteiger partial charge in [-0.1, -0.05) is 18.2 Å². The number of hydrogen-bond donors (Lipinski definition) is 1. The Morgan fingerprint density at radius 3 is 2.81 bits per heavy atom. The minimum Gasteiger partial charge on any atom is -0.384 e. The molecule has 1 heterocycles. The first-order valence-corrected chi connectivity index (χ1v) is 7.65. The van der Waals surface area contributed by atoms with Gasteiger partial charge in [-0.3, -0.25) is 4.79 Å². The number of pyridine rings is 1. The van der Waals surface area contributed by atoms with Gasteiger partial charge in [0.1, 0.15) is 5.82 Å². The molecule has 4 nitrogen and oxygen atoms in total. The van der Waals surface area contributed by atoms with E-state index in [1.807, 2.05) is 43.3 Å². The Kier molecular flexibility index (Phi) is 5.78. The maximum absolute atomic E-state index is 12.4. The lowest BCUT2D eigenvalue weighted by molar-refractivity contribution is 0.102. The van der Waals surface area contributed by atoms with E-state index in [0.29, 0.717) is 18.0 Å². The van der Waals surface area contributed by atoms with Gasteiger partial charge >= 0.3 is 0 Å². The number of thioether (sulfide) groups is 1. The Bertz CT molecular complexity index is 617. The van der Waals surface area contributed by atoms with Crippen LogP contribution >= 0.6 is 11.8 Å². The largest absolute Gasteiger partial charge is 0.384 e. The lowest BCUT2D eigenvalue weighted by Crippen LogP contribution is -2.14. The molecule has 0 spiro atoms. The molecule has 0 aliphatic carbocycles. The summed E-state index contributed by atoms with van der Waals surface area (Å²) < 4.78 is 5.04. The van der Waals surface area contributed by atoms with Crippen LogP contribution in [0.3, 0.4) is 0 Å². The van der Waals surface area contributed by atoms with Gasteiger partial charge in [-0.05, 0) is 31.2 Å². The Hall–Kier alpha value is -1.85. The monoisotopic (exact) mass is 302 g/mol. The third-order valence-corrected chi connectivity index (χ3v) is 3.84. The number of ether oxygens (including phenoxy) is 1. The summed E-state index contributed by atoms with van der Waals surface area (Å²) in [6, 6.07) is 13.1. The van der Waals surface area contributed by atoms with E-state index in [9.17, 15) is 4.79 Å². The Morgan fingerprint density at radius 2 is 2.05 bits per heavy atom. The van der Waals surface area contributed by atoms with Crippen molar-refractivity contribution in [1.29, 1.82) is 0 Å². The number of carbonyl (C=O) groups excluding carboxylic acids is 1. The average Bonchev–Trinajstić information content (AvgIpc) is 2.48. The van der Waals surface area contributed by atoms with Gasteiger partial charge in [-0.15, -0.1) is 11.8 Å². The molecule has 0 fully saturated rings. The van der Waals surface area contributed by atoms with Crippen LogP contribution in [0.2, 0.25) is 0 Å². The molecule has 110 valence electrons. The number of hydrogen-bond acceptors (Lipinski definition) is 4. The molecular formula is C16H18N2O2S. The molecule has 0 aliphatic heterocycles.